The van der Waals surface area contributed by atoms with Crippen LogP contribution in [-0.4, -0.2) is 76.1 Å². The zero-order valence-electron chi connectivity index (χ0n) is 16.5. The third-order valence-corrected chi connectivity index (χ3v) is 6.23. The summed E-state index contributed by atoms with van der Waals surface area (Å²) >= 11 is 0.760. The van der Waals surface area contributed by atoms with Gasteiger partial charge in [-0.1, -0.05) is 0 Å². The number of amides is 1. The quantitative estimate of drug-likeness (QED) is 0.442. The Balaban J connectivity index is 1.60. The van der Waals surface area contributed by atoms with Gasteiger partial charge >= 0.3 is 12.1 Å². The number of thiophene rings is 1. The molecule has 3 heterocycles. The van der Waals surface area contributed by atoms with Crippen molar-refractivity contribution in [2.45, 2.75) is 0 Å². The van der Waals surface area contributed by atoms with Gasteiger partial charge in [0.2, 0.25) is 0 Å². The first kappa shape index (κ1) is 20.6. The van der Waals surface area contributed by atoms with Crippen molar-refractivity contribution in [3.63, 3.8) is 0 Å². The molecule has 1 amide bonds. The topological polar surface area (TPSA) is 154 Å². The Morgan fingerprint density at radius 3 is 2.45 bits per heavy atom. The molecule has 12 heteroatoms. The first-order chi connectivity index (χ1) is 14.7. The van der Waals surface area contributed by atoms with Crippen LogP contribution in [0.25, 0.3) is 10.2 Å². The number of hydrogen-bond donors (Lipinski definition) is 4. The Labute approximate surface area is 180 Å². The van der Waals surface area contributed by atoms with Gasteiger partial charge in [0.1, 0.15) is 9.71 Å². The Morgan fingerprint density at radius 2 is 1.84 bits per heavy atom. The molecule has 0 spiro atoms. The second kappa shape index (κ2) is 7.89. The van der Waals surface area contributed by atoms with Crippen molar-refractivity contribution < 1.29 is 24.6 Å². The van der Waals surface area contributed by atoms with Gasteiger partial charge in [-0.2, -0.15) is 4.68 Å². The van der Waals surface area contributed by atoms with Gasteiger partial charge in [-0.05, 0) is 31.3 Å². The number of nitrogens with two attached hydrogens (primary N) is 1. The van der Waals surface area contributed by atoms with Crippen LogP contribution in [0.4, 0.5) is 22.0 Å². The molecule has 0 radical (unpaired) electrons. The van der Waals surface area contributed by atoms with Gasteiger partial charge < -0.3 is 31.1 Å². The number of nitrogen functional groups attached to an aromatic ring is 1. The average molecular weight is 444 g/mol. The summed E-state index contributed by atoms with van der Waals surface area (Å²) in [5, 5.41) is 25.2. The molecule has 4 rings (SSSR count). The second-order valence-corrected chi connectivity index (χ2v) is 8.22. The standard InChI is InChI=1S/C19H20N6O5S/c1-23-4-6-24(7-5-23)10-2-3-11(13(20)8-10)16(26)21-15-12-9-14(18(27)28)31-17(12)25(22-15)19(29)30/h2-3,8-9H,4-7,20H2,1H3,(H,27,28)(H,29,30)(H,21,22,26). The summed E-state index contributed by atoms with van der Waals surface area (Å²) in [7, 11) is 2.06. The smallest absolute Gasteiger partial charge is 0.433 e. The maximum absolute atomic E-state index is 12.8. The molecule has 1 aliphatic rings. The van der Waals surface area contributed by atoms with E-state index >= 15 is 0 Å². The molecule has 0 unspecified atom stereocenters. The van der Waals surface area contributed by atoms with Crippen LogP contribution in [0.3, 0.4) is 0 Å². The summed E-state index contributed by atoms with van der Waals surface area (Å²) in [5.41, 5.74) is 7.54. The van der Waals surface area contributed by atoms with Gasteiger partial charge in [0.15, 0.2) is 5.82 Å². The van der Waals surface area contributed by atoms with Gasteiger partial charge in [-0.15, -0.1) is 16.4 Å². The number of carbonyl (C=O) groups is 3. The number of fused-ring (bicyclic) bond motifs is 1. The molecule has 1 saturated heterocycles. The van der Waals surface area contributed by atoms with E-state index in [2.05, 4.69) is 27.3 Å². The maximum atomic E-state index is 12.8. The van der Waals surface area contributed by atoms with Crippen LogP contribution in [-0.2, 0) is 0 Å². The van der Waals surface area contributed by atoms with Crippen molar-refractivity contribution in [2.75, 3.05) is 49.2 Å². The number of carbonyl (C=O) groups excluding carboxylic acids is 1. The number of carboxylic acid groups (broad SMARTS) is 2. The van der Waals surface area contributed by atoms with Crippen molar-refractivity contribution in [1.29, 1.82) is 0 Å². The van der Waals surface area contributed by atoms with E-state index in [0.717, 1.165) is 43.2 Å². The van der Waals surface area contributed by atoms with Crippen molar-refractivity contribution >= 4 is 56.7 Å². The summed E-state index contributed by atoms with van der Waals surface area (Å²) in [6.45, 7) is 3.58. The fourth-order valence-electron chi connectivity index (χ4n) is 3.43. The molecular weight excluding hydrogens is 424 g/mol. The van der Waals surface area contributed by atoms with Gasteiger partial charge in [-0.25, -0.2) is 9.59 Å². The van der Waals surface area contributed by atoms with Crippen LogP contribution in [0.5, 0.6) is 0 Å². The SMILES string of the molecule is CN1CCN(c2ccc(C(=O)Nc3nn(C(=O)O)c4sc(C(=O)O)cc34)c(N)c2)CC1. The molecule has 2 aromatic heterocycles. The predicted octanol–water partition coefficient (Wildman–Crippen LogP) is 1.91. The van der Waals surface area contributed by atoms with E-state index in [-0.39, 0.29) is 32.2 Å². The summed E-state index contributed by atoms with van der Waals surface area (Å²) in [5.74, 6) is -1.81. The lowest BCUT2D eigenvalue weighted by Crippen LogP contribution is -2.44. The van der Waals surface area contributed by atoms with E-state index in [4.69, 9.17) is 5.73 Å². The summed E-state index contributed by atoms with van der Waals surface area (Å²) < 4.78 is 0.641. The normalized spacial score (nSPS) is 14.7. The fraction of sp³-hybridized carbons (Fsp3) is 0.263. The molecular formula is C19H20N6O5S. The zero-order valence-corrected chi connectivity index (χ0v) is 17.3. The highest BCUT2D eigenvalue weighted by atomic mass is 32.1. The monoisotopic (exact) mass is 444 g/mol. The summed E-state index contributed by atoms with van der Waals surface area (Å²) in [4.78, 5) is 40.0. The van der Waals surface area contributed by atoms with Crippen LogP contribution < -0.4 is 16.0 Å². The van der Waals surface area contributed by atoms with Gasteiger partial charge in [-0.3, -0.25) is 4.79 Å². The average Bonchev–Trinajstić information content (AvgIpc) is 3.29. The highest BCUT2D eigenvalue weighted by molar-refractivity contribution is 7.20. The summed E-state index contributed by atoms with van der Waals surface area (Å²) in [6.07, 6.45) is -1.39. The number of likely N-dealkylation sites (N-methyl/N-ethyl adjacent to an activating group) is 1. The van der Waals surface area contributed by atoms with Crippen LogP contribution in [0.15, 0.2) is 24.3 Å². The zero-order chi connectivity index (χ0) is 22.3. The van der Waals surface area contributed by atoms with E-state index < -0.39 is 18.0 Å². The lowest BCUT2D eigenvalue weighted by atomic mass is 10.1. The Bertz CT molecular complexity index is 1190. The molecule has 0 bridgehead atoms. The lowest BCUT2D eigenvalue weighted by Gasteiger charge is -2.34. The highest BCUT2D eigenvalue weighted by Crippen LogP contribution is 2.32. The number of nitrogens with zero attached hydrogens (tertiary/aromatic N) is 4. The molecule has 0 saturated carbocycles. The maximum Gasteiger partial charge on any atom is 0.433 e. The number of piperazine rings is 1. The Kier molecular flexibility index (Phi) is 5.25. The fourth-order valence-corrected chi connectivity index (χ4v) is 4.37. The van der Waals surface area contributed by atoms with E-state index in [9.17, 15) is 24.6 Å². The Morgan fingerprint density at radius 1 is 1.13 bits per heavy atom. The van der Waals surface area contributed by atoms with Gasteiger partial charge in [0.05, 0.1) is 10.9 Å². The molecule has 11 nitrogen and oxygen atoms in total. The van der Waals surface area contributed by atoms with Crippen LogP contribution in [0, 0.1) is 0 Å². The number of rotatable bonds is 4. The van der Waals surface area contributed by atoms with Crippen molar-refractivity contribution in [2.24, 2.45) is 0 Å². The highest BCUT2D eigenvalue weighted by Gasteiger charge is 2.23. The first-order valence-corrected chi connectivity index (χ1v) is 10.2. The number of carboxylic acids is 1. The van der Waals surface area contributed by atoms with E-state index in [0.29, 0.717) is 4.68 Å². The van der Waals surface area contributed by atoms with E-state index in [1.165, 1.54) is 6.07 Å². The van der Waals surface area contributed by atoms with Crippen molar-refractivity contribution in [3.8, 4) is 0 Å². The molecule has 31 heavy (non-hydrogen) atoms. The largest absolute Gasteiger partial charge is 0.477 e. The molecule has 5 N–H and O–H groups in total. The molecule has 162 valence electrons. The lowest BCUT2D eigenvalue weighted by molar-refractivity contribution is 0.0702. The Hall–Kier alpha value is -3.64. The number of nitrogens with one attached hydrogen (secondary N) is 1. The van der Waals surface area contributed by atoms with Crippen LogP contribution in [0.2, 0.25) is 0 Å². The molecule has 1 aromatic carbocycles. The summed E-state index contributed by atoms with van der Waals surface area (Å²) in [6, 6.07) is 6.44. The van der Waals surface area contributed by atoms with Crippen LogP contribution in [0.1, 0.15) is 20.0 Å². The predicted molar refractivity (Wildman–Crippen MR) is 117 cm³/mol. The van der Waals surface area contributed by atoms with E-state index in [1.54, 1.807) is 12.1 Å². The third kappa shape index (κ3) is 3.90. The number of anilines is 3. The van der Waals surface area contributed by atoms with Crippen molar-refractivity contribution in [3.05, 3.63) is 34.7 Å². The van der Waals surface area contributed by atoms with Crippen LogP contribution >= 0.6 is 11.3 Å². The molecule has 0 aliphatic carbocycles. The van der Waals surface area contributed by atoms with Crippen molar-refractivity contribution in [1.82, 2.24) is 14.7 Å². The molecule has 3 aromatic rings. The number of aromatic nitrogens is 2. The molecule has 1 fully saturated rings. The molecule has 0 atom stereocenters. The third-order valence-electron chi connectivity index (χ3n) is 5.13. The first-order valence-electron chi connectivity index (χ1n) is 9.38. The minimum absolute atomic E-state index is 0.0475. The minimum Gasteiger partial charge on any atom is -0.477 e. The van der Waals surface area contributed by atoms with E-state index in [1.807, 2.05) is 6.07 Å². The number of benzene rings is 1. The minimum atomic E-state index is -1.39. The van der Waals surface area contributed by atoms with Gasteiger partial charge in [0.25, 0.3) is 5.91 Å². The molecule has 1 aliphatic heterocycles. The number of hydrogen-bond acceptors (Lipinski definition) is 8. The number of aromatic carboxylic acids is 1. The van der Waals surface area contributed by atoms with Gasteiger partial charge in [0, 0.05) is 37.6 Å². The second-order valence-electron chi connectivity index (χ2n) is 7.19.